The van der Waals surface area contributed by atoms with E-state index in [0.29, 0.717) is 27.2 Å². The maximum atomic E-state index is 12.7. The largest absolute Gasteiger partial charge is 0.495 e. The quantitative estimate of drug-likeness (QED) is 0.512. The third-order valence-corrected chi connectivity index (χ3v) is 5.28. The second kappa shape index (κ2) is 7.02. The molecule has 0 bridgehead atoms. The normalized spacial score (nSPS) is 10.9. The number of fused-ring (bicyclic) bond motifs is 1. The van der Waals surface area contributed by atoms with Crippen molar-refractivity contribution in [2.24, 2.45) is 0 Å². The Hall–Kier alpha value is -2.90. The molecule has 4 rings (SSSR count). The number of ether oxygens (including phenoxy) is 1. The Morgan fingerprint density at radius 1 is 1.30 bits per heavy atom. The van der Waals surface area contributed by atoms with Gasteiger partial charge in [0.2, 0.25) is 0 Å². The van der Waals surface area contributed by atoms with Gasteiger partial charge in [-0.1, -0.05) is 47.2 Å². The van der Waals surface area contributed by atoms with Crippen LogP contribution in [0.25, 0.3) is 21.5 Å². The van der Waals surface area contributed by atoms with Crippen molar-refractivity contribution in [2.45, 2.75) is 6.92 Å². The number of hydrogen-bond acceptors (Lipinski definition) is 6. The molecule has 1 amide bonds. The van der Waals surface area contributed by atoms with Crippen LogP contribution < -0.4 is 10.1 Å². The van der Waals surface area contributed by atoms with Crippen LogP contribution in [-0.4, -0.2) is 23.0 Å². The SMILES string of the molecule is COc1cc2sc(NC(=O)c3ncoc3-c3ccccc3C)nc2cc1Cl. The fraction of sp³-hybridized carbons (Fsp3) is 0.105. The summed E-state index contributed by atoms with van der Waals surface area (Å²) in [7, 11) is 1.55. The number of benzene rings is 2. The van der Waals surface area contributed by atoms with Gasteiger partial charge >= 0.3 is 0 Å². The number of carbonyl (C=O) groups is 1. The van der Waals surface area contributed by atoms with Crippen LogP contribution in [0.3, 0.4) is 0 Å². The monoisotopic (exact) mass is 399 g/mol. The highest BCUT2D eigenvalue weighted by atomic mass is 35.5. The molecule has 2 heterocycles. The van der Waals surface area contributed by atoms with Gasteiger partial charge in [-0.15, -0.1) is 0 Å². The lowest BCUT2D eigenvalue weighted by molar-refractivity contribution is 0.102. The first-order valence-corrected chi connectivity index (χ1v) is 9.21. The van der Waals surface area contributed by atoms with Crippen molar-refractivity contribution in [1.29, 1.82) is 0 Å². The first-order valence-electron chi connectivity index (χ1n) is 8.01. The van der Waals surface area contributed by atoms with Gasteiger partial charge in [0.05, 0.1) is 22.3 Å². The topological polar surface area (TPSA) is 77.2 Å². The van der Waals surface area contributed by atoms with E-state index in [1.807, 2.05) is 31.2 Å². The standard InChI is InChI=1S/C19H14ClN3O3S/c1-10-5-3-4-6-11(10)17-16(21-9-26-17)18(24)23-19-22-13-7-12(20)14(25-2)8-15(13)27-19/h3-9H,1-2H3,(H,22,23,24). The Morgan fingerprint density at radius 2 is 2.11 bits per heavy atom. The van der Waals surface area contributed by atoms with Crippen molar-refractivity contribution in [2.75, 3.05) is 12.4 Å². The summed E-state index contributed by atoms with van der Waals surface area (Å²) < 4.78 is 11.5. The number of methoxy groups -OCH3 is 1. The maximum absolute atomic E-state index is 12.7. The number of halogens is 1. The van der Waals surface area contributed by atoms with Crippen LogP contribution in [0.5, 0.6) is 5.75 Å². The zero-order valence-corrected chi connectivity index (χ0v) is 16.0. The molecule has 0 atom stereocenters. The average Bonchev–Trinajstić information content (AvgIpc) is 3.27. The minimum absolute atomic E-state index is 0.208. The minimum atomic E-state index is -0.390. The highest BCUT2D eigenvalue weighted by Gasteiger charge is 2.21. The Labute approximate surface area is 163 Å². The van der Waals surface area contributed by atoms with E-state index in [0.717, 1.165) is 15.8 Å². The molecule has 0 unspecified atom stereocenters. The third-order valence-electron chi connectivity index (χ3n) is 4.05. The van der Waals surface area contributed by atoms with Crippen molar-refractivity contribution in [3.8, 4) is 17.1 Å². The van der Waals surface area contributed by atoms with Crippen LogP contribution >= 0.6 is 22.9 Å². The van der Waals surface area contributed by atoms with E-state index in [-0.39, 0.29) is 11.6 Å². The molecule has 8 heteroatoms. The van der Waals surface area contributed by atoms with Gasteiger partial charge in [-0.25, -0.2) is 9.97 Å². The highest BCUT2D eigenvalue weighted by Crippen LogP contribution is 2.35. The number of rotatable bonds is 4. The number of nitrogens with zero attached hydrogens (tertiary/aromatic N) is 2. The van der Waals surface area contributed by atoms with Crippen LogP contribution in [0.2, 0.25) is 5.02 Å². The Balaban J connectivity index is 1.65. The molecule has 136 valence electrons. The van der Waals surface area contributed by atoms with Gasteiger partial charge in [0.1, 0.15) is 5.75 Å². The van der Waals surface area contributed by atoms with Gasteiger partial charge in [0, 0.05) is 11.6 Å². The molecule has 0 radical (unpaired) electrons. The molecule has 0 fully saturated rings. The van der Waals surface area contributed by atoms with Gasteiger partial charge in [-0.05, 0) is 18.6 Å². The van der Waals surface area contributed by atoms with Gasteiger partial charge in [0.25, 0.3) is 5.91 Å². The smallest absolute Gasteiger partial charge is 0.280 e. The number of nitrogens with one attached hydrogen (secondary N) is 1. The van der Waals surface area contributed by atoms with E-state index in [1.165, 1.54) is 17.7 Å². The molecule has 0 saturated carbocycles. The zero-order chi connectivity index (χ0) is 19.0. The van der Waals surface area contributed by atoms with E-state index < -0.39 is 0 Å². The molecule has 0 saturated heterocycles. The lowest BCUT2D eigenvalue weighted by atomic mass is 10.1. The summed E-state index contributed by atoms with van der Waals surface area (Å²) in [6.07, 6.45) is 1.26. The van der Waals surface area contributed by atoms with Crippen molar-refractivity contribution in [3.05, 3.63) is 59.1 Å². The lowest BCUT2D eigenvalue weighted by Crippen LogP contribution is -2.13. The van der Waals surface area contributed by atoms with Crippen molar-refractivity contribution in [3.63, 3.8) is 0 Å². The van der Waals surface area contributed by atoms with Gasteiger partial charge in [-0.2, -0.15) is 0 Å². The van der Waals surface area contributed by atoms with E-state index >= 15 is 0 Å². The molecule has 6 nitrogen and oxygen atoms in total. The van der Waals surface area contributed by atoms with Crippen LogP contribution in [0.15, 0.2) is 47.2 Å². The van der Waals surface area contributed by atoms with Crippen LogP contribution in [0.4, 0.5) is 5.13 Å². The van der Waals surface area contributed by atoms with Crippen LogP contribution in [0.1, 0.15) is 16.1 Å². The average molecular weight is 400 g/mol. The summed E-state index contributed by atoms with van der Waals surface area (Å²) in [4.78, 5) is 21.2. The lowest BCUT2D eigenvalue weighted by Gasteiger charge is -2.04. The minimum Gasteiger partial charge on any atom is -0.495 e. The Kier molecular flexibility index (Phi) is 4.55. The number of amides is 1. The predicted molar refractivity (Wildman–Crippen MR) is 106 cm³/mol. The highest BCUT2D eigenvalue weighted by molar-refractivity contribution is 7.22. The molecular weight excluding hydrogens is 386 g/mol. The number of anilines is 1. The fourth-order valence-electron chi connectivity index (χ4n) is 2.72. The first kappa shape index (κ1) is 17.5. The molecule has 27 heavy (non-hydrogen) atoms. The Bertz CT molecular complexity index is 1150. The molecule has 2 aromatic carbocycles. The molecule has 0 aliphatic rings. The van der Waals surface area contributed by atoms with E-state index in [4.69, 9.17) is 20.8 Å². The molecule has 0 spiro atoms. The van der Waals surface area contributed by atoms with Crippen LogP contribution in [0, 0.1) is 6.92 Å². The fourth-order valence-corrected chi connectivity index (χ4v) is 3.83. The van der Waals surface area contributed by atoms with Gasteiger partial charge in [-0.3, -0.25) is 10.1 Å². The number of aryl methyl sites for hydroxylation is 1. The predicted octanol–water partition coefficient (Wildman–Crippen LogP) is 5.17. The number of thiazole rings is 1. The number of aromatic nitrogens is 2. The molecule has 0 aliphatic heterocycles. The molecule has 0 aliphatic carbocycles. The third kappa shape index (κ3) is 3.27. The van der Waals surface area contributed by atoms with Crippen molar-refractivity contribution in [1.82, 2.24) is 9.97 Å². The summed E-state index contributed by atoms with van der Waals surface area (Å²) in [6.45, 7) is 1.95. The second-order valence-corrected chi connectivity index (χ2v) is 7.21. The van der Waals surface area contributed by atoms with Crippen LogP contribution in [-0.2, 0) is 0 Å². The number of hydrogen-bond donors (Lipinski definition) is 1. The summed E-state index contributed by atoms with van der Waals surface area (Å²) >= 11 is 7.46. The van der Waals surface area contributed by atoms with Gasteiger partial charge in [0.15, 0.2) is 23.0 Å². The number of carbonyl (C=O) groups excluding carboxylic acids is 1. The van der Waals surface area contributed by atoms with Crippen molar-refractivity contribution < 1.29 is 13.9 Å². The number of oxazole rings is 1. The Morgan fingerprint density at radius 3 is 2.89 bits per heavy atom. The van der Waals surface area contributed by atoms with E-state index in [2.05, 4.69) is 15.3 Å². The van der Waals surface area contributed by atoms with Crippen molar-refractivity contribution >= 4 is 44.2 Å². The van der Waals surface area contributed by atoms with E-state index in [9.17, 15) is 4.79 Å². The summed E-state index contributed by atoms with van der Waals surface area (Å²) in [5, 5.41) is 3.69. The second-order valence-electron chi connectivity index (χ2n) is 5.77. The van der Waals surface area contributed by atoms with E-state index in [1.54, 1.807) is 19.2 Å². The van der Waals surface area contributed by atoms with Gasteiger partial charge < -0.3 is 9.15 Å². The summed E-state index contributed by atoms with van der Waals surface area (Å²) in [6, 6.07) is 11.1. The molecule has 1 N–H and O–H groups in total. The summed E-state index contributed by atoms with van der Waals surface area (Å²) in [5.41, 5.74) is 2.70. The molecule has 2 aromatic heterocycles. The first-order chi connectivity index (χ1) is 13.1. The molecule has 4 aromatic rings. The maximum Gasteiger partial charge on any atom is 0.280 e. The zero-order valence-electron chi connectivity index (χ0n) is 14.4. The summed E-state index contributed by atoms with van der Waals surface area (Å²) in [5.74, 6) is 0.597. The molecular formula is C19H14ClN3O3S.